The van der Waals surface area contributed by atoms with Crippen LogP contribution in [0.25, 0.3) is 0 Å². The van der Waals surface area contributed by atoms with Gasteiger partial charge in [0.05, 0.1) is 12.6 Å². The maximum Gasteiger partial charge on any atom is 0.279 e. The molecule has 0 unspecified atom stereocenters. The maximum atomic E-state index is 12.2. The van der Waals surface area contributed by atoms with Gasteiger partial charge < -0.3 is 19.8 Å². The van der Waals surface area contributed by atoms with Gasteiger partial charge in [-0.05, 0) is 12.5 Å². The molecule has 0 saturated carbocycles. The second-order valence-electron chi connectivity index (χ2n) is 5.03. The van der Waals surface area contributed by atoms with Gasteiger partial charge in [0.15, 0.2) is 5.69 Å². The van der Waals surface area contributed by atoms with Crippen LogP contribution in [0.5, 0.6) is 5.88 Å². The van der Waals surface area contributed by atoms with Crippen molar-refractivity contribution >= 4 is 5.91 Å². The number of rotatable bonds is 4. The van der Waals surface area contributed by atoms with E-state index in [9.17, 15) is 9.59 Å². The van der Waals surface area contributed by atoms with Gasteiger partial charge in [0.25, 0.3) is 11.5 Å². The normalized spacial score (nSPS) is 20.7. The lowest BCUT2D eigenvalue weighted by Crippen LogP contribution is -2.52. The maximum absolute atomic E-state index is 12.2. The van der Waals surface area contributed by atoms with E-state index in [0.29, 0.717) is 25.5 Å². The number of nitrogens with zero attached hydrogens (tertiary/aromatic N) is 2. The molecule has 8 heteroatoms. The van der Waals surface area contributed by atoms with Crippen LogP contribution in [-0.2, 0) is 4.74 Å². The highest BCUT2D eigenvalue weighted by Crippen LogP contribution is 2.15. The molecule has 1 amide bonds. The molecule has 3 heterocycles. The molecule has 1 saturated heterocycles. The van der Waals surface area contributed by atoms with Gasteiger partial charge in [-0.2, -0.15) is 0 Å². The van der Waals surface area contributed by atoms with Crippen LogP contribution in [0.2, 0.25) is 0 Å². The Morgan fingerprint density at radius 3 is 3.04 bits per heavy atom. The van der Waals surface area contributed by atoms with E-state index in [1.807, 2.05) is 6.07 Å². The van der Waals surface area contributed by atoms with Crippen LogP contribution in [0.4, 0.5) is 0 Å². The van der Waals surface area contributed by atoms with Crippen LogP contribution < -0.4 is 15.6 Å². The van der Waals surface area contributed by atoms with Gasteiger partial charge in [0.2, 0.25) is 5.88 Å². The van der Waals surface area contributed by atoms with E-state index in [2.05, 4.69) is 20.3 Å². The Balaban J connectivity index is 1.70. The molecule has 0 spiro atoms. The number of ether oxygens (including phenoxy) is 2. The molecule has 1 aliphatic heterocycles. The first-order valence-corrected chi connectivity index (χ1v) is 7.24. The van der Waals surface area contributed by atoms with Gasteiger partial charge in [0, 0.05) is 31.3 Å². The van der Waals surface area contributed by atoms with Crippen LogP contribution in [0.1, 0.15) is 16.9 Å². The summed E-state index contributed by atoms with van der Waals surface area (Å²) in [5.74, 6) is -0.0775. The number of nitrogens with one attached hydrogen (secondary N) is 2. The van der Waals surface area contributed by atoms with E-state index in [-0.39, 0.29) is 17.8 Å². The quantitative estimate of drug-likeness (QED) is 0.830. The molecule has 23 heavy (non-hydrogen) atoms. The summed E-state index contributed by atoms with van der Waals surface area (Å²) in [7, 11) is 0. The minimum Gasteiger partial charge on any atom is -0.470 e. The molecule has 8 nitrogen and oxygen atoms in total. The predicted octanol–water partition coefficient (Wildman–Crippen LogP) is 0.131. The summed E-state index contributed by atoms with van der Waals surface area (Å²) in [6.07, 6.45) is 4.56. The van der Waals surface area contributed by atoms with Crippen molar-refractivity contribution in [1.82, 2.24) is 20.3 Å². The summed E-state index contributed by atoms with van der Waals surface area (Å²) in [4.78, 5) is 34.2. The van der Waals surface area contributed by atoms with E-state index >= 15 is 0 Å². The summed E-state index contributed by atoms with van der Waals surface area (Å²) in [6.45, 7) is 0.839. The zero-order valence-corrected chi connectivity index (χ0v) is 12.3. The highest BCUT2D eigenvalue weighted by atomic mass is 16.5. The Hall–Kier alpha value is -2.74. The monoisotopic (exact) mass is 316 g/mol. The fourth-order valence-electron chi connectivity index (χ4n) is 2.32. The number of aromatic nitrogens is 3. The number of carbonyl (C=O) groups excluding carboxylic acids is 1. The van der Waals surface area contributed by atoms with Crippen molar-refractivity contribution in [2.75, 3.05) is 13.2 Å². The standard InChI is InChI=1S/C15H16N4O4/c20-14-13(17-6-7-18-14)15(21)19-10-4-8-22-9-11(10)23-12-3-1-2-5-16-12/h1-3,5-7,10-11H,4,8-9H2,(H,18,20)(H,19,21)/t10-,11-/m1/s1. The molecule has 1 aliphatic rings. The second kappa shape index (κ2) is 7.01. The van der Waals surface area contributed by atoms with Crippen molar-refractivity contribution < 1.29 is 14.3 Å². The van der Waals surface area contributed by atoms with Crippen molar-refractivity contribution in [1.29, 1.82) is 0 Å². The number of pyridine rings is 1. The molecule has 2 N–H and O–H groups in total. The molecule has 0 bridgehead atoms. The van der Waals surface area contributed by atoms with E-state index in [4.69, 9.17) is 9.47 Å². The Labute approximate surface area is 131 Å². The highest BCUT2D eigenvalue weighted by Gasteiger charge is 2.30. The third-order valence-corrected chi connectivity index (χ3v) is 3.45. The van der Waals surface area contributed by atoms with Crippen LogP contribution >= 0.6 is 0 Å². The van der Waals surface area contributed by atoms with Crippen molar-refractivity contribution in [3.8, 4) is 5.88 Å². The SMILES string of the molecule is O=C(N[C@@H]1CCOC[C@H]1Oc1ccccn1)c1ncc[nH]c1=O. The molecule has 2 atom stereocenters. The number of carbonyl (C=O) groups is 1. The van der Waals surface area contributed by atoms with Crippen LogP contribution in [-0.4, -0.2) is 46.2 Å². The van der Waals surface area contributed by atoms with E-state index < -0.39 is 11.5 Å². The van der Waals surface area contributed by atoms with Crippen molar-refractivity contribution in [2.24, 2.45) is 0 Å². The van der Waals surface area contributed by atoms with Crippen molar-refractivity contribution in [2.45, 2.75) is 18.6 Å². The fraction of sp³-hybridized carbons (Fsp3) is 0.333. The highest BCUT2D eigenvalue weighted by molar-refractivity contribution is 5.92. The fourth-order valence-corrected chi connectivity index (χ4v) is 2.32. The minimum atomic E-state index is -0.534. The van der Waals surface area contributed by atoms with Crippen LogP contribution in [0.3, 0.4) is 0 Å². The second-order valence-corrected chi connectivity index (χ2v) is 5.03. The Morgan fingerprint density at radius 2 is 2.26 bits per heavy atom. The van der Waals surface area contributed by atoms with Crippen LogP contribution in [0.15, 0.2) is 41.6 Å². The first-order valence-electron chi connectivity index (χ1n) is 7.24. The molecule has 0 aliphatic carbocycles. The summed E-state index contributed by atoms with van der Waals surface area (Å²) < 4.78 is 11.2. The van der Waals surface area contributed by atoms with Crippen molar-refractivity contribution in [3.05, 3.63) is 52.8 Å². The molecule has 2 aromatic rings. The summed E-state index contributed by atoms with van der Waals surface area (Å²) in [6, 6.07) is 5.04. The molecule has 0 radical (unpaired) electrons. The summed E-state index contributed by atoms with van der Waals surface area (Å²) in [5.41, 5.74) is -0.699. The minimum absolute atomic E-state index is 0.171. The van der Waals surface area contributed by atoms with Gasteiger partial charge in [-0.1, -0.05) is 6.07 Å². The Bertz CT molecular complexity index is 719. The number of hydrogen-bond donors (Lipinski definition) is 2. The average molecular weight is 316 g/mol. The topological polar surface area (TPSA) is 106 Å². The molecule has 120 valence electrons. The number of amides is 1. The Kier molecular flexibility index (Phi) is 4.62. The predicted molar refractivity (Wildman–Crippen MR) is 80.2 cm³/mol. The zero-order chi connectivity index (χ0) is 16.1. The molecule has 2 aromatic heterocycles. The Morgan fingerprint density at radius 1 is 1.35 bits per heavy atom. The van der Waals surface area contributed by atoms with E-state index in [1.54, 1.807) is 18.3 Å². The first kappa shape index (κ1) is 15.2. The lowest BCUT2D eigenvalue weighted by Gasteiger charge is -2.31. The molecule has 1 fully saturated rings. The third kappa shape index (κ3) is 3.72. The smallest absolute Gasteiger partial charge is 0.279 e. The first-order chi connectivity index (χ1) is 11.2. The zero-order valence-electron chi connectivity index (χ0n) is 12.3. The van der Waals surface area contributed by atoms with E-state index in [1.165, 1.54) is 12.4 Å². The lowest BCUT2D eigenvalue weighted by atomic mass is 10.1. The van der Waals surface area contributed by atoms with Crippen LogP contribution in [0, 0.1) is 0 Å². The number of aromatic amines is 1. The molecule has 0 aromatic carbocycles. The number of H-pyrrole nitrogens is 1. The lowest BCUT2D eigenvalue weighted by molar-refractivity contribution is -0.0153. The summed E-state index contributed by atoms with van der Waals surface area (Å²) >= 11 is 0. The van der Waals surface area contributed by atoms with Gasteiger partial charge in [0.1, 0.15) is 6.10 Å². The third-order valence-electron chi connectivity index (χ3n) is 3.45. The molecule has 3 rings (SSSR count). The average Bonchev–Trinajstić information content (AvgIpc) is 2.58. The molecular formula is C15H16N4O4. The summed E-state index contributed by atoms with van der Waals surface area (Å²) in [5, 5.41) is 2.79. The van der Waals surface area contributed by atoms with Gasteiger partial charge >= 0.3 is 0 Å². The molecular weight excluding hydrogens is 300 g/mol. The van der Waals surface area contributed by atoms with E-state index in [0.717, 1.165) is 0 Å². The largest absolute Gasteiger partial charge is 0.470 e. The van der Waals surface area contributed by atoms with Gasteiger partial charge in [-0.15, -0.1) is 0 Å². The van der Waals surface area contributed by atoms with Crippen molar-refractivity contribution in [3.63, 3.8) is 0 Å². The van der Waals surface area contributed by atoms with Gasteiger partial charge in [-0.25, -0.2) is 9.97 Å². The number of hydrogen-bond acceptors (Lipinski definition) is 6. The van der Waals surface area contributed by atoms with Gasteiger partial charge in [-0.3, -0.25) is 9.59 Å².